The molecule has 1 aromatic carbocycles. The van der Waals surface area contributed by atoms with Gasteiger partial charge in [0.15, 0.2) is 0 Å². The van der Waals surface area contributed by atoms with Crippen molar-refractivity contribution in [2.75, 3.05) is 0 Å². The number of hydrazine groups is 1. The molecule has 2 rings (SSSR count). The summed E-state index contributed by atoms with van der Waals surface area (Å²) in [5.41, 5.74) is 4.62. The second-order valence-electron chi connectivity index (χ2n) is 3.85. The van der Waals surface area contributed by atoms with Crippen LogP contribution >= 0.6 is 11.3 Å². The van der Waals surface area contributed by atoms with Crippen LogP contribution in [0.4, 0.5) is 4.39 Å². The van der Waals surface area contributed by atoms with Crippen molar-refractivity contribution in [3.05, 3.63) is 51.7 Å². The first-order chi connectivity index (χ1) is 8.20. The van der Waals surface area contributed by atoms with Crippen molar-refractivity contribution in [2.45, 2.75) is 19.4 Å². The Labute approximate surface area is 103 Å². The maximum Gasteiger partial charge on any atom is 0.123 e. The molecule has 2 aromatic rings. The SMILES string of the molecule is Cc1ccc(F)cc1C(Cc1nccs1)NN. The van der Waals surface area contributed by atoms with Gasteiger partial charge in [-0.1, -0.05) is 6.07 Å². The Hall–Kier alpha value is -1.30. The summed E-state index contributed by atoms with van der Waals surface area (Å²) in [7, 11) is 0. The van der Waals surface area contributed by atoms with E-state index in [0.29, 0.717) is 6.42 Å². The molecule has 0 aliphatic rings. The number of hydrogen-bond acceptors (Lipinski definition) is 4. The second-order valence-corrected chi connectivity index (χ2v) is 4.83. The first kappa shape index (κ1) is 12.2. The van der Waals surface area contributed by atoms with Crippen molar-refractivity contribution in [1.82, 2.24) is 10.4 Å². The van der Waals surface area contributed by atoms with E-state index in [1.165, 1.54) is 12.1 Å². The van der Waals surface area contributed by atoms with Crippen LogP contribution < -0.4 is 11.3 Å². The molecule has 0 radical (unpaired) electrons. The zero-order valence-corrected chi connectivity index (χ0v) is 10.3. The van der Waals surface area contributed by atoms with E-state index in [2.05, 4.69) is 10.4 Å². The number of thiazole rings is 1. The Morgan fingerprint density at radius 3 is 3.00 bits per heavy atom. The van der Waals surface area contributed by atoms with Crippen molar-refractivity contribution >= 4 is 11.3 Å². The van der Waals surface area contributed by atoms with E-state index in [1.807, 2.05) is 12.3 Å². The fourth-order valence-corrected chi connectivity index (χ4v) is 2.44. The number of aromatic nitrogens is 1. The molecule has 0 aliphatic heterocycles. The molecule has 5 heteroatoms. The van der Waals surface area contributed by atoms with Gasteiger partial charge in [-0.25, -0.2) is 9.37 Å². The van der Waals surface area contributed by atoms with Crippen molar-refractivity contribution in [3.8, 4) is 0 Å². The Morgan fingerprint density at radius 2 is 2.35 bits per heavy atom. The Morgan fingerprint density at radius 1 is 1.53 bits per heavy atom. The highest BCUT2D eigenvalue weighted by Gasteiger charge is 2.15. The van der Waals surface area contributed by atoms with Gasteiger partial charge in [0.25, 0.3) is 0 Å². The minimum Gasteiger partial charge on any atom is -0.271 e. The Bertz CT molecular complexity index is 485. The first-order valence-corrected chi connectivity index (χ1v) is 6.19. The van der Waals surface area contributed by atoms with Gasteiger partial charge in [-0.3, -0.25) is 11.3 Å². The monoisotopic (exact) mass is 251 g/mol. The number of hydrogen-bond donors (Lipinski definition) is 2. The van der Waals surface area contributed by atoms with E-state index in [9.17, 15) is 4.39 Å². The van der Waals surface area contributed by atoms with Crippen LogP contribution in [0.2, 0.25) is 0 Å². The van der Waals surface area contributed by atoms with Gasteiger partial charge in [-0.05, 0) is 30.2 Å². The molecule has 0 spiro atoms. The smallest absolute Gasteiger partial charge is 0.123 e. The predicted molar refractivity (Wildman–Crippen MR) is 67.0 cm³/mol. The fraction of sp³-hybridized carbons (Fsp3) is 0.250. The molecule has 3 N–H and O–H groups in total. The van der Waals surface area contributed by atoms with Gasteiger partial charge >= 0.3 is 0 Å². The molecule has 90 valence electrons. The molecule has 1 unspecified atom stereocenters. The molecule has 0 bridgehead atoms. The third-order valence-corrected chi connectivity index (χ3v) is 3.48. The van der Waals surface area contributed by atoms with Crippen molar-refractivity contribution in [3.63, 3.8) is 0 Å². The lowest BCUT2D eigenvalue weighted by atomic mass is 9.99. The highest BCUT2D eigenvalue weighted by atomic mass is 32.1. The van der Waals surface area contributed by atoms with Crippen LogP contribution in [0.15, 0.2) is 29.8 Å². The number of nitrogens with one attached hydrogen (secondary N) is 1. The van der Waals surface area contributed by atoms with E-state index in [4.69, 9.17) is 5.84 Å². The average Bonchev–Trinajstić information content (AvgIpc) is 2.82. The molecule has 17 heavy (non-hydrogen) atoms. The van der Waals surface area contributed by atoms with E-state index in [1.54, 1.807) is 23.6 Å². The van der Waals surface area contributed by atoms with Crippen molar-refractivity contribution in [2.24, 2.45) is 5.84 Å². The standard InChI is InChI=1S/C12H14FN3S/c1-8-2-3-9(13)6-10(8)11(16-14)7-12-15-4-5-17-12/h2-6,11,16H,7,14H2,1H3. The summed E-state index contributed by atoms with van der Waals surface area (Å²) in [6.07, 6.45) is 2.42. The topological polar surface area (TPSA) is 50.9 Å². The number of nitrogens with zero attached hydrogens (tertiary/aromatic N) is 1. The Balaban J connectivity index is 2.25. The average molecular weight is 251 g/mol. The van der Waals surface area contributed by atoms with Gasteiger partial charge in [0, 0.05) is 18.0 Å². The summed E-state index contributed by atoms with van der Waals surface area (Å²) in [5, 5.41) is 2.90. The highest BCUT2D eigenvalue weighted by Crippen LogP contribution is 2.22. The third-order valence-electron chi connectivity index (χ3n) is 2.68. The number of rotatable bonds is 4. The summed E-state index contributed by atoms with van der Waals surface area (Å²) in [6.45, 7) is 1.95. The molecule has 1 aromatic heterocycles. The predicted octanol–water partition coefficient (Wildman–Crippen LogP) is 2.34. The minimum atomic E-state index is -0.245. The van der Waals surface area contributed by atoms with E-state index >= 15 is 0 Å². The van der Waals surface area contributed by atoms with Crippen molar-refractivity contribution in [1.29, 1.82) is 0 Å². The van der Waals surface area contributed by atoms with Crippen LogP contribution in [-0.2, 0) is 6.42 Å². The minimum absolute atomic E-state index is 0.114. The number of halogens is 1. The molecule has 1 atom stereocenters. The molecule has 0 aliphatic carbocycles. The van der Waals surface area contributed by atoms with Gasteiger partial charge in [0.1, 0.15) is 5.82 Å². The summed E-state index contributed by atoms with van der Waals surface area (Å²) >= 11 is 1.57. The zero-order valence-electron chi connectivity index (χ0n) is 9.48. The molecular formula is C12H14FN3S. The quantitative estimate of drug-likeness (QED) is 0.648. The van der Waals surface area contributed by atoms with Crippen LogP contribution in [0.3, 0.4) is 0 Å². The molecule has 0 fully saturated rings. The second kappa shape index (κ2) is 5.35. The molecule has 3 nitrogen and oxygen atoms in total. The molecular weight excluding hydrogens is 237 g/mol. The van der Waals surface area contributed by atoms with Gasteiger partial charge in [0.05, 0.1) is 11.0 Å². The number of benzene rings is 1. The first-order valence-electron chi connectivity index (χ1n) is 5.31. The van der Waals surface area contributed by atoms with Crippen molar-refractivity contribution < 1.29 is 4.39 Å². The molecule has 0 saturated carbocycles. The lowest BCUT2D eigenvalue weighted by Crippen LogP contribution is -2.30. The Kier molecular flexibility index (Phi) is 3.83. The summed E-state index contributed by atoms with van der Waals surface area (Å²) in [6, 6.07) is 4.62. The lowest BCUT2D eigenvalue weighted by molar-refractivity contribution is 0.540. The lowest BCUT2D eigenvalue weighted by Gasteiger charge is -2.17. The van der Waals surface area contributed by atoms with E-state index in [0.717, 1.165) is 16.1 Å². The normalized spacial score (nSPS) is 12.6. The highest BCUT2D eigenvalue weighted by molar-refractivity contribution is 7.09. The van der Waals surface area contributed by atoms with Crippen LogP contribution in [-0.4, -0.2) is 4.98 Å². The molecule has 0 amide bonds. The van der Waals surface area contributed by atoms with E-state index < -0.39 is 0 Å². The maximum absolute atomic E-state index is 13.2. The van der Waals surface area contributed by atoms with Crippen LogP contribution in [0, 0.1) is 12.7 Å². The van der Waals surface area contributed by atoms with Crippen LogP contribution in [0.5, 0.6) is 0 Å². The summed E-state index contributed by atoms with van der Waals surface area (Å²) in [4.78, 5) is 4.21. The zero-order chi connectivity index (χ0) is 12.3. The third kappa shape index (κ3) is 2.88. The summed E-state index contributed by atoms with van der Waals surface area (Å²) in [5.74, 6) is 5.30. The van der Waals surface area contributed by atoms with E-state index in [-0.39, 0.29) is 11.9 Å². The van der Waals surface area contributed by atoms with Gasteiger partial charge in [-0.15, -0.1) is 11.3 Å². The largest absolute Gasteiger partial charge is 0.271 e. The van der Waals surface area contributed by atoms with Gasteiger partial charge in [0.2, 0.25) is 0 Å². The summed E-state index contributed by atoms with van der Waals surface area (Å²) < 4.78 is 13.2. The van der Waals surface area contributed by atoms with Gasteiger partial charge in [-0.2, -0.15) is 0 Å². The van der Waals surface area contributed by atoms with Gasteiger partial charge < -0.3 is 0 Å². The molecule has 1 heterocycles. The number of aryl methyl sites for hydroxylation is 1. The van der Waals surface area contributed by atoms with Crippen LogP contribution in [0.25, 0.3) is 0 Å². The maximum atomic E-state index is 13.2. The number of nitrogens with two attached hydrogens (primary N) is 1. The fourth-order valence-electron chi connectivity index (χ4n) is 1.77. The molecule has 0 saturated heterocycles. The van der Waals surface area contributed by atoms with Crippen LogP contribution in [0.1, 0.15) is 22.2 Å².